The Morgan fingerprint density at radius 2 is 1.94 bits per heavy atom. The Balaban J connectivity index is 1.31. The molecule has 0 spiro atoms. The predicted octanol–water partition coefficient (Wildman–Crippen LogP) is 3.44. The molecule has 2 saturated heterocycles. The van der Waals surface area contributed by atoms with E-state index in [1.807, 2.05) is 12.1 Å². The number of anilines is 1. The van der Waals surface area contributed by atoms with Crippen molar-refractivity contribution in [3.05, 3.63) is 46.9 Å². The van der Waals surface area contributed by atoms with Crippen LogP contribution in [-0.2, 0) is 11.2 Å². The minimum Gasteiger partial charge on any atom is -0.489 e. The number of pyridine rings is 2. The zero-order valence-electron chi connectivity index (χ0n) is 18.8. The average molecular weight is 469 g/mol. The van der Waals surface area contributed by atoms with E-state index in [2.05, 4.69) is 33.4 Å². The van der Waals surface area contributed by atoms with Gasteiger partial charge in [0.25, 0.3) is 0 Å². The van der Waals surface area contributed by atoms with Crippen LogP contribution in [0.25, 0.3) is 0 Å². The number of piperidine rings is 2. The molecular weight excluding hydrogens is 440 g/mol. The smallest absolute Gasteiger partial charge is 0.230 e. The van der Waals surface area contributed by atoms with E-state index in [1.54, 1.807) is 17.2 Å². The molecule has 2 aromatic rings. The number of likely N-dealkylation sites (tertiary alicyclic amines) is 2. The Bertz CT molecular complexity index is 993. The monoisotopic (exact) mass is 468 g/mol. The van der Waals surface area contributed by atoms with E-state index in [1.165, 1.54) is 6.20 Å². The van der Waals surface area contributed by atoms with Crippen LogP contribution in [0.3, 0.4) is 0 Å². The lowest BCUT2D eigenvalue weighted by molar-refractivity contribution is -0.115. The maximum absolute atomic E-state index is 12.6. The highest BCUT2D eigenvalue weighted by Gasteiger charge is 2.21. The summed E-state index contributed by atoms with van der Waals surface area (Å²) >= 11 is 6.27. The second-order valence-electron chi connectivity index (χ2n) is 8.80. The summed E-state index contributed by atoms with van der Waals surface area (Å²) < 4.78 is 6.08. The largest absolute Gasteiger partial charge is 0.489 e. The van der Waals surface area contributed by atoms with Gasteiger partial charge in [-0.15, -0.1) is 0 Å². The fraction of sp³-hybridized carbons (Fsp3) is 0.500. The Labute approximate surface area is 199 Å². The van der Waals surface area contributed by atoms with Crippen LogP contribution < -0.4 is 10.1 Å². The quantitative estimate of drug-likeness (QED) is 0.649. The second kappa shape index (κ2) is 10.8. The van der Waals surface area contributed by atoms with Gasteiger partial charge in [0.2, 0.25) is 5.91 Å². The lowest BCUT2D eigenvalue weighted by Gasteiger charge is -2.29. The highest BCUT2D eigenvalue weighted by molar-refractivity contribution is 6.32. The molecule has 0 atom stereocenters. The summed E-state index contributed by atoms with van der Waals surface area (Å²) in [6.07, 6.45) is 9.51. The van der Waals surface area contributed by atoms with Crippen molar-refractivity contribution in [1.29, 1.82) is 5.26 Å². The van der Waals surface area contributed by atoms with Gasteiger partial charge in [-0.05, 0) is 44.4 Å². The van der Waals surface area contributed by atoms with E-state index in [0.29, 0.717) is 22.5 Å². The number of rotatable bonds is 6. The number of hydrogen-bond acceptors (Lipinski definition) is 7. The summed E-state index contributed by atoms with van der Waals surface area (Å²) in [6.45, 7) is 3.51. The summed E-state index contributed by atoms with van der Waals surface area (Å²) in [5.41, 5.74) is 1.86. The number of carbonyl (C=O) groups excluding carboxylic acids is 1. The van der Waals surface area contributed by atoms with Crippen LogP contribution in [-0.4, -0.2) is 65.0 Å². The normalized spacial score (nSPS) is 18.0. The molecule has 8 nitrogen and oxygen atoms in total. The molecule has 2 fully saturated rings. The van der Waals surface area contributed by atoms with Gasteiger partial charge in [0.15, 0.2) is 6.19 Å². The predicted molar refractivity (Wildman–Crippen MR) is 126 cm³/mol. The van der Waals surface area contributed by atoms with Crippen molar-refractivity contribution in [3.63, 3.8) is 0 Å². The zero-order chi connectivity index (χ0) is 23.2. The summed E-state index contributed by atoms with van der Waals surface area (Å²) in [5.74, 6) is 1.15. The highest BCUT2D eigenvalue weighted by Crippen LogP contribution is 2.29. The second-order valence-corrected chi connectivity index (χ2v) is 9.21. The van der Waals surface area contributed by atoms with E-state index >= 15 is 0 Å². The van der Waals surface area contributed by atoms with Crippen LogP contribution in [0.1, 0.15) is 42.9 Å². The molecule has 0 saturated carbocycles. The molecule has 4 rings (SSSR count). The molecule has 33 heavy (non-hydrogen) atoms. The third kappa shape index (κ3) is 6.34. The number of nitriles is 1. The van der Waals surface area contributed by atoms with Crippen LogP contribution in [0.15, 0.2) is 30.6 Å². The highest BCUT2D eigenvalue weighted by atomic mass is 35.5. The minimum absolute atomic E-state index is 0.112. The number of aromatic nitrogens is 2. The van der Waals surface area contributed by atoms with E-state index < -0.39 is 0 Å². The van der Waals surface area contributed by atoms with Gasteiger partial charge in [0.1, 0.15) is 22.7 Å². The van der Waals surface area contributed by atoms with Crippen molar-refractivity contribution in [2.45, 2.75) is 44.1 Å². The number of nitrogens with zero attached hydrogens (tertiary/aromatic N) is 5. The molecule has 0 bridgehead atoms. The summed E-state index contributed by atoms with van der Waals surface area (Å²) in [4.78, 5) is 25.4. The van der Waals surface area contributed by atoms with E-state index in [9.17, 15) is 4.79 Å². The Kier molecular flexibility index (Phi) is 7.63. The van der Waals surface area contributed by atoms with Crippen LogP contribution >= 0.6 is 11.6 Å². The number of amides is 1. The maximum Gasteiger partial charge on any atom is 0.230 e. The van der Waals surface area contributed by atoms with E-state index in [4.69, 9.17) is 21.6 Å². The molecule has 1 N–H and O–H groups in total. The molecule has 0 aromatic carbocycles. The number of nitrogens with one attached hydrogen (secondary N) is 1. The van der Waals surface area contributed by atoms with Crippen LogP contribution in [0.2, 0.25) is 5.02 Å². The van der Waals surface area contributed by atoms with Crippen molar-refractivity contribution in [1.82, 2.24) is 19.8 Å². The van der Waals surface area contributed by atoms with Gasteiger partial charge in [0.05, 0.1) is 12.6 Å². The fourth-order valence-electron chi connectivity index (χ4n) is 4.29. The van der Waals surface area contributed by atoms with Crippen LogP contribution in [0, 0.1) is 11.5 Å². The molecular formula is C24H29ClN6O2. The number of carbonyl (C=O) groups is 1. The average Bonchev–Trinajstić information content (AvgIpc) is 2.83. The summed E-state index contributed by atoms with van der Waals surface area (Å²) in [5, 5.41) is 12.3. The fourth-order valence-corrected chi connectivity index (χ4v) is 4.44. The molecule has 174 valence electrons. The van der Waals surface area contributed by atoms with Crippen molar-refractivity contribution in [2.24, 2.45) is 0 Å². The molecule has 0 radical (unpaired) electrons. The molecule has 2 aliphatic rings. The SMILES string of the molecule is CN1CCC(Oc2cc(NC(=O)Cc3ccc(C4CCN(C#N)CC4)nc3)ncc2Cl)CC1. The Morgan fingerprint density at radius 1 is 1.18 bits per heavy atom. The van der Waals surface area contributed by atoms with Crippen LogP contribution in [0.4, 0.5) is 5.82 Å². The first-order chi connectivity index (χ1) is 16.0. The molecule has 0 aliphatic carbocycles. The Hall–Kier alpha value is -2.89. The first-order valence-corrected chi connectivity index (χ1v) is 11.8. The minimum atomic E-state index is -0.174. The van der Waals surface area contributed by atoms with Gasteiger partial charge < -0.3 is 19.9 Å². The van der Waals surface area contributed by atoms with Crippen LogP contribution in [0.5, 0.6) is 5.75 Å². The van der Waals surface area contributed by atoms with Gasteiger partial charge in [-0.2, -0.15) is 5.26 Å². The maximum atomic E-state index is 12.6. The molecule has 9 heteroatoms. The molecule has 2 aromatic heterocycles. The van der Waals surface area contributed by atoms with Crippen molar-refractivity contribution >= 4 is 23.3 Å². The van der Waals surface area contributed by atoms with Gasteiger partial charge in [-0.1, -0.05) is 17.7 Å². The van der Waals surface area contributed by atoms with Gasteiger partial charge in [-0.25, -0.2) is 4.98 Å². The summed E-state index contributed by atoms with van der Waals surface area (Å²) in [7, 11) is 2.10. The first-order valence-electron chi connectivity index (χ1n) is 11.4. The number of hydrogen-bond donors (Lipinski definition) is 1. The van der Waals surface area contributed by atoms with Crippen molar-refractivity contribution < 1.29 is 9.53 Å². The molecule has 1 amide bonds. The topological polar surface area (TPSA) is 94.4 Å². The van der Waals surface area contributed by atoms with E-state index in [0.717, 1.165) is 63.1 Å². The van der Waals surface area contributed by atoms with Crippen molar-refractivity contribution in [2.75, 3.05) is 38.5 Å². The van der Waals surface area contributed by atoms with E-state index in [-0.39, 0.29) is 18.4 Å². The summed E-state index contributed by atoms with van der Waals surface area (Å²) in [6, 6.07) is 5.62. The lowest BCUT2D eigenvalue weighted by atomic mass is 9.93. The number of halogens is 1. The first kappa shape index (κ1) is 23.3. The molecule has 2 aliphatic heterocycles. The van der Waals surface area contributed by atoms with Gasteiger partial charge in [-0.3, -0.25) is 9.78 Å². The van der Waals surface area contributed by atoms with Gasteiger partial charge >= 0.3 is 0 Å². The molecule has 0 unspecified atom stereocenters. The standard InChI is InChI=1S/C24H29ClN6O2/c1-30-8-6-19(7-9-30)33-22-13-23(28-15-20(22)25)29-24(32)12-17-2-3-21(27-14-17)18-4-10-31(16-26)11-5-18/h2-3,13-15,18-19H,4-12H2,1H3,(H,28,29,32). The molecule has 4 heterocycles. The van der Waals surface area contributed by atoms with Gasteiger partial charge in [0, 0.05) is 50.1 Å². The third-order valence-corrected chi connectivity index (χ3v) is 6.60. The van der Waals surface area contributed by atoms with Crippen molar-refractivity contribution in [3.8, 4) is 11.9 Å². The zero-order valence-corrected chi connectivity index (χ0v) is 19.6. The number of ether oxygens (including phenoxy) is 1. The lowest BCUT2D eigenvalue weighted by Crippen LogP contribution is -2.35. The third-order valence-electron chi connectivity index (χ3n) is 6.31. The Morgan fingerprint density at radius 3 is 2.61 bits per heavy atom.